The van der Waals surface area contributed by atoms with E-state index in [1.807, 2.05) is 0 Å². The fourth-order valence-corrected chi connectivity index (χ4v) is 3.14. The third-order valence-electron chi connectivity index (χ3n) is 4.15. The number of nitrogens with one attached hydrogen (secondary N) is 1. The molecule has 2 heteroatoms. The summed E-state index contributed by atoms with van der Waals surface area (Å²) in [5.41, 5.74) is 0. The smallest absolute Gasteiger partial charge is 0.0620 e. The Hall–Kier alpha value is -0.0800. The molecule has 0 aromatic rings. The zero-order valence-electron chi connectivity index (χ0n) is 10.2. The van der Waals surface area contributed by atoms with E-state index in [0.717, 1.165) is 31.1 Å². The molecule has 0 spiro atoms. The zero-order valence-corrected chi connectivity index (χ0v) is 10.2. The molecule has 0 amide bonds. The Balaban J connectivity index is 1.83. The van der Waals surface area contributed by atoms with Gasteiger partial charge in [0, 0.05) is 18.7 Å². The van der Waals surface area contributed by atoms with Crippen LogP contribution in [0.2, 0.25) is 0 Å². The van der Waals surface area contributed by atoms with E-state index < -0.39 is 0 Å². The van der Waals surface area contributed by atoms with Gasteiger partial charge in [-0.25, -0.2) is 0 Å². The highest BCUT2D eigenvalue weighted by molar-refractivity contribution is 4.86. The summed E-state index contributed by atoms with van der Waals surface area (Å²) in [5, 5.41) is 3.81. The molecule has 1 N–H and O–H groups in total. The maximum atomic E-state index is 5.43. The highest BCUT2D eigenvalue weighted by Crippen LogP contribution is 2.31. The summed E-state index contributed by atoms with van der Waals surface area (Å²) in [5.74, 6) is 1.84. The molecule has 0 radical (unpaired) electrons. The summed E-state index contributed by atoms with van der Waals surface area (Å²) in [4.78, 5) is 0. The predicted octanol–water partition coefficient (Wildman–Crippen LogP) is 2.58. The Morgan fingerprint density at radius 1 is 1.27 bits per heavy atom. The van der Waals surface area contributed by atoms with E-state index in [-0.39, 0.29) is 0 Å². The van der Waals surface area contributed by atoms with Crippen LogP contribution in [0.4, 0.5) is 0 Å². The highest BCUT2D eigenvalue weighted by atomic mass is 16.5. The first-order valence-electron chi connectivity index (χ1n) is 6.63. The molecule has 2 nitrogen and oxygen atoms in total. The van der Waals surface area contributed by atoms with Crippen LogP contribution in [0.3, 0.4) is 0 Å². The second-order valence-corrected chi connectivity index (χ2v) is 5.42. The summed E-state index contributed by atoms with van der Waals surface area (Å²) in [6.07, 6.45) is 6.73. The third-order valence-corrected chi connectivity index (χ3v) is 4.15. The zero-order chi connectivity index (χ0) is 10.7. The van der Waals surface area contributed by atoms with Crippen LogP contribution in [-0.4, -0.2) is 25.3 Å². The van der Waals surface area contributed by atoms with Gasteiger partial charge in [0.15, 0.2) is 0 Å². The molecular formula is C13H25NO. The molecule has 2 aliphatic rings. The van der Waals surface area contributed by atoms with Gasteiger partial charge in [-0.05, 0) is 37.5 Å². The molecule has 0 bridgehead atoms. The Morgan fingerprint density at radius 3 is 2.80 bits per heavy atom. The number of hydrogen-bond acceptors (Lipinski definition) is 2. The van der Waals surface area contributed by atoms with E-state index in [0.29, 0.717) is 6.04 Å². The lowest BCUT2D eigenvalue weighted by Gasteiger charge is -2.36. The molecule has 0 aromatic carbocycles. The first-order valence-corrected chi connectivity index (χ1v) is 6.63. The second-order valence-electron chi connectivity index (χ2n) is 5.42. The summed E-state index contributed by atoms with van der Waals surface area (Å²) in [7, 11) is 0. The van der Waals surface area contributed by atoms with Gasteiger partial charge in [-0.15, -0.1) is 0 Å². The largest absolute Gasteiger partial charge is 0.380 e. The van der Waals surface area contributed by atoms with E-state index in [2.05, 4.69) is 19.2 Å². The maximum absolute atomic E-state index is 5.43. The molecule has 0 aromatic heterocycles. The van der Waals surface area contributed by atoms with Crippen molar-refractivity contribution >= 4 is 0 Å². The average Bonchev–Trinajstić information content (AvgIpc) is 2.73. The molecule has 1 aliphatic carbocycles. The van der Waals surface area contributed by atoms with Crippen LogP contribution in [0.15, 0.2) is 0 Å². The normalized spacial score (nSPS) is 42.0. The molecule has 1 aliphatic heterocycles. The van der Waals surface area contributed by atoms with Crippen molar-refractivity contribution < 1.29 is 4.74 Å². The maximum Gasteiger partial charge on any atom is 0.0620 e. The van der Waals surface area contributed by atoms with Crippen molar-refractivity contribution in [1.82, 2.24) is 5.32 Å². The standard InChI is InChI=1S/C13H25NO/c1-3-11-8-10(2)4-5-13(11)14-12-6-7-15-9-12/h10-14H,3-9H2,1-2H3. The minimum absolute atomic E-state index is 0.637. The van der Waals surface area contributed by atoms with Gasteiger partial charge in [0.1, 0.15) is 0 Å². The second kappa shape index (κ2) is 5.31. The molecule has 1 saturated carbocycles. The Kier molecular flexibility index (Phi) is 4.04. The van der Waals surface area contributed by atoms with Gasteiger partial charge in [0.05, 0.1) is 6.61 Å². The van der Waals surface area contributed by atoms with Crippen molar-refractivity contribution in [2.75, 3.05) is 13.2 Å². The van der Waals surface area contributed by atoms with Crippen molar-refractivity contribution in [3.05, 3.63) is 0 Å². The van der Waals surface area contributed by atoms with Crippen LogP contribution in [0, 0.1) is 11.8 Å². The third kappa shape index (κ3) is 2.94. The predicted molar refractivity (Wildman–Crippen MR) is 62.9 cm³/mol. The Labute approximate surface area is 93.8 Å². The fourth-order valence-electron chi connectivity index (χ4n) is 3.14. The van der Waals surface area contributed by atoms with E-state index in [4.69, 9.17) is 4.74 Å². The van der Waals surface area contributed by atoms with Gasteiger partial charge in [0.2, 0.25) is 0 Å². The van der Waals surface area contributed by atoms with Crippen LogP contribution in [0.1, 0.15) is 46.0 Å². The average molecular weight is 211 g/mol. The molecule has 1 heterocycles. The SMILES string of the molecule is CCC1CC(C)CCC1NC1CCOC1. The Morgan fingerprint density at radius 2 is 2.13 bits per heavy atom. The number of ether oxygens (including phenoxy) is 1. The van der Waals surface area contributed by atoms with Crippen LogP contribution >= 0.6 is 0 Å². The van der Waals surface area contributed by atoms with E-state index in [1.165, 1.54) is 32.1 Å². The monoisotopic (exact) mass is 211 g/mol. The fraction of sp³-hybridized carbons (Fsp3) is 1.00. The first-order chi connectivity index (χ1) is 7.29. The van der Waals surface area contributed by atoms with Gasteiger partial charge >= 0.3 is 0 Å². The van der Waals surface area contributed by atoms with E-state index in [1.54, 1.807) is 0 Å². The van der Waals surface area contributed by atoms with Crippen LogP contribution in [0.5, 0.6) is 0 Å². The van der Waals surface area contributed by atoms with E-state index >= 15 is 0 Å². The Bertz CT molecular complexity index is 189. The van der Waals surface area contributed by atoms with Crippen LogP contribution < -0.4 is 5.32 Å². The van der Waals surface area contributed by atoms with Crippen molar-refractivity contribution in [1.29, 1.82) is 0 Å². The molecule has 2 rings (SSSR count). The lowest BCUT2D eigenvalue weighted by molar-refractivity contribution is 0.167. The van der Waals surface area contributed by atoms with Crippen LogP contribution in [-0.2, 0) is 4.74 Å². The van der Waals surface area contributed by atoms with Gasteiger partial charge in [-0.3, -0.25) is 0 Å². The van der Waals surface area contributed by atoms with Gasteiger partial charge in [-0.1, -0.05) is 20.3 Å². The summed E-state index contributed by atoms with van der Waals surface area (Å²) < 4.78 is 5.43. The summed E-state index contributed by atoms with van der Waals surface area (Å²) in [6, 6.07) is 1.40. The topological polar surface area (TPSA) is 21.3 Å². The molecule has 1 saturated heterocycles. The minimum atomic E-state index is 0.637. The lowest BCUT2D eigenvalue weighted by Crippen LogP contribution is -2.45. The summed E-state index contributed by atoms with van der Waals surface area (Å²) >= 11 is 0. The minimum Gasteiger partial charge on any atom is -0.380 e. The first kappa shape index (κ1) is 11.4. The molecule has 4 unspecified atom stereocenters. The van der Waals surface area contributed by atoms with Crippen LogP contribution in [0.25, 0.3) is 0 Å². The highest BCUT2D eigenvalue weighted by Gasteiger charge is 2.29. The van der Waals surface area contributed by atoms with Crippen molar-refractivity contribution in [2.24, 2.45) is 11.8 Å². The molecule has 88 valence electrons. The van der Waals surface area contributed by atoms with E-state index in [9.17, 15) is 0 Å². The van der Waals surface area contributed by atoms with Gasteiger partial charge < -0.3 is 10.1 Å². The van der Waals surface area contributed by atoms with Crippen molar-refractivity contribution in [2.45, 2.75) is 58.0 Å². The van der Waals surface area contributed by atoms with Gasteiger partial charge in [-0.2, -0.15) is 0 Å². The summed E-state index contributed by atoms with van der Waals surface area (Å²) in [6.45, 7) is 6.63. The molecule has 4 atom stereocenters. The lowest BCUT2D eigenvalue weighted by atomic mass is 9.77. The molecular weight excluding hydrogens is 186 g/mol. The molecule has 2 fully saturated rings. The number of hydrogen-bond donors (Lipinski definition) is 1. The molecule has 15 heavy (non-hydrogen) atoms. The quantitative estimate of drug-likeness (QED) is 0.774. The van der Waals surface area contributed by atoms with Crippen molar-refractivity contribution in [3.8, 4) is 0 Å². The van der Waals surface area contributed by atoms with Crippen molar-refractivity contribution in [3.63, 3.8) is 0 Å². The van der Waals surface area contributed by atoms with Gasteiger partial charge in [0.25, 0.3) is 0 Å². The number of rotatable bonds is 3.